The van der Waals surface area contributed by atoms with Gasteiger partial charge in [-0.15, -0.1) is 0 Å². The van der Waals surface area contributed by atoms with Gasteiger partial charge in [0, 0.05) is 12.5 Å². The number of rotatable bonds is 13. The number of carbonyl (C=O) groups is 2. The molecule has 2 N–H and O–H groups in total. The topological polar surface area (TPSA) is 96.3 Å². The molecule has 2 rings (SSSR count). The average Bonchev–Trinajstić information content (AvgIpc) is 2.75. The van der Waals surface area contributed by atoms with E-state index in [9.17, 15) is 19.8 Å². The summed E-state index contributed by atoms with van der Waals surface area (Å²) in [5.41, 5.74) is 0.699. The zero-order chi connectivity index (χ0) is 23.7. The second kappa shape index (κ2) is 11.5. The summed E-state index contributed by atoms with van der Waals surface area (Å²) in [7, 11) is 5.30. The van der Waals surface area contributed by atoms with Crippen LogP contribution >= 0.6 is 0 Å². The second-order valence-electron chi connectivity index (χ2n) is 8.52. The highest BCUT2D eigenvalue weighted by atomic mass is 16.5. The standard InChI is InChI=1S/C25H33NO6/c1-25(24(29)30,15-23(27)28)20(16-26(2)3)17-32-22-11-6-5-9-19(22)13-12-18-8-7-10-21(14-18)31-4/h5-11,14,20H,12-13,15-17H2,1-4H3,(H,27,28)(H,29,30). The molecule has 0 amide bonds. The van der Waals surface area contributed by atoms with Gasteiger partial charge in [0.2, 0.25) is 0 Å². The molecular formula is C25H33NO6. The number of ether oxygens (including phenoxy) is 2. The Morgan fingerprint density at radius 1 is 1.06 bits per heavy atom. The van der Waals surface area contributed by atoms with Crippen LogP contribution in [0.25, 0.3) is 0 Å². The van der Waals surface area contributed by atoms with Crippen molar-refractivity contribution in [1.82, 2.24) is 4.90 Å². The molecule has 2 aromatic carbocycles. The Balaban J connectivity index is 2.17. The lowest BCUT2D eigenvalue weighted by molar-refractivity contribution is -0.159. The molecule has 7 heteroatoms. The first kappa shape index (κ1) is 25.2. The highest BCUT2D eigenvalue weighted by Gasteiger charge is 2.44. The van der Waals surface area contributed by atoms with Gasteiger partial charge in [0.15, 0.2) is 0 Å². The molecule has 7 nitrogen and oxygen atoms in total. The summed E-state index contributed by atoms with van der Waals surface area (Å²) in [6.07, 6.45) is 1.07. The summed E-state index contributed by atoms with van der Waals surface area (Å²) in [6.45, 7) is 1.97. The molecule has 0 aliphatic rings. The van der Waals surface area contributed by atoms with E-state index in [4.69, 9.17) is 9.47 Å². The zero-order valence-electron chi connectivity index (χ0n) is 19.2. The Morgan fingerprint density at radius 2 is 1.78 bits per heavy atom. The maximum atomic E-state index is 12.0. The first-order valence-corrected chi connectivity index (χ1v) is 10.6. The fourth-order valence-electron chi connectivity index (χ4n) is 3.74. The fraction of sp³-hybridized carbons (Fsp3) is 0.440. The third-order valence-electron chi connectivity index (χ3n) is 5.72. The Kier molecular flexibility index (Phi) is 9.08. The van der Waals surface area contributed by atoms with Crippen LogP contribution in [0.1, 0.15) is 24.5 Å². The Hall–Kier alpha value is -3.06. The van der Waals surface area contributed by atoms with E-state index >= 15 is 0 Å². The number of hydrogen-bond acceptors (Lipinski definition) is 5. The van der Waals surface area contributed by atoms with Crippen LogP contribution in [0.4, 0.5) is 0 Å². The number of aryl methyl sites for hydroxylation is 2. The lowest BCUT2D eigenvalue weighted by atomic mass is 9.74. The minimum atomic E-state index is -1.45. The van der Waals surface area contributed by atoms with Gasteiger partial charge in [0.25, 0.3) is 0 Å². The van der Waals surface area contributed by atoms with Crippen LogP contribution in [-0.2, 0) is 22.4 Å². The van der Waals surface area contributed by atoms with Gasteiger partial charge in [-0.05, 0) is 63.2 Å². The molecule has 0 aromatic heterocycles. The van der Waals surface area contributed by atoms with Gasteiger partial charge in [-0.3, -0.25) is 9.59 Å². The van der Waals surface area contributed by atoms with Crippen molar-refractivity contribution in [2.24, 2.45) is 11.3 Å². The average molecular weight is 444 g/mol. The third kappa shape index (κ3) is 6.99. The second-order valence-corrected chi connectivity index (χ2v) is 8.52. The van der Waals surface area contributed by atoms with Crippen molar-refractivity contribution in [2.45, 2.75) is 26.2 Å². The maximum absolute atomic E-state index is 12.0. The van der Waals surface area contributed by atoms with Crippen LogP contribution < -0.4 is 9.47 Å². The molecule has 174 valence electrons. The third-order valence-corrected chi connectivity index (χ3v) is 5.72. The van der Waals surface area contributed by atoms with Gasteiger partial charge in [-0.2, -0.15) is 0 Å². The molecule has 0 radical (unpaired) electrons. The number of aliphatic carboxylic acids is 2. The monoisotopic (exact) mass is 443 g/mol. The Labute approximate surface area is 189 Å². The molecule has 0 fully saturated rings. The van der Waals surface area contributed by atoms with Gasteiger partial charge in [0.05, 0.1) is 25.6 Å². The van der Waals surface area contributed by atoms with Gasteiger partial charge in [-0.25, -0.2) is 0 Å². The minimum absolute atomic E-state index is 0.102. The molecule has 2 aromatic rings. The SMILES string of the molecule is COc1cccc(CCc2ccccc2OCC(CN(C)C)C(C)(CC(=O)O)C(=O)O)c1. The van der Waals surface area contributed by atoms with Crippen molar-refractivity contribution in [2.75, 3.05) is 34.4 Å². The number of carboxylic acid groups (broad SMARTS) is 2. The number of hydrogen-bond donors (Lipinski definition) is 2. The largest absolute Gasteiger partial charge is 0.497 e. The maximum Gasteiger partial charge on any atom is 0.310 e. The summed E-state index contributed by atoms with van der Waals surface area (Å²) in [5, 5.41) is 19.1. The molecule has 0 heterocycles. The van der Waals surface area contributed by atoms with Gasteiger partial charge in [0.1, 0.15) is 11.5 Å². The molecule has 0 spiro atoms. The zero-order valence-corrected chi connectivity index (χ0v) is 19.2. The number of para-hydroxylation sites is 1. The van der Waals surface area contributed by atoms with E-state index in [1.54, 1.807) is 7.11 Å². The molecule has 2 atom stereocenters. The van der Waals surface area contributed by atoms with Crippen molar-refractivity contribution >= 4 is 11.9 Å². The Morgan fingerprint density at radius 3 is 2.41 bits per heavy atom. The smallest absolute Gasteiger partial charge is 0.310 e. The van der Waals surface area contributed by atoms with E-state index in [1.165, 1.54) is 6.92 Å². The van der Waals surface area contributed by atoms with Crippen LogP contribution in [0, 0.1) is 11.3 Å². The first-order chi connectivity index (χ1) is 15.2. The molecular weight excluding hydrogens is 410 g/mol. The highest BCUT2D eigenvalue weighted by Crippen LogP contribution is 2.34. The van der Waals surface area contributed by atoms with E-state index in [-0.39, 0.29) is 6.61 Å². The van der Waals surface area contributed by atoms with Crippen molar-refractivity contribution < 1.29 is 29.3 Å². The Bertz CT molecular complexity index is 913. The molecule has 0 saturated heterocycles. The molecule has 0 saturated carbocycles. The van der Waals surface area contributed by atoms with Crippen LogP contribution in [0.3, 0.4) is 0 Å². The predicted octanol–water partition coefficient (Wildman–Crippen LogP) is 3.60. The lowest BCUT2D eigenvalue weighted by Crippen LogP contribution is -2.45. The highest BCUT2D eigenvalue weighted by molar-refractivity contribution is 5.81. The van der Waals surface area contributed by atoms with Gasteiger partial charge < -0.3 is 24.6 Å². The molecule has 32 heavy (non-hydrogen) atoms. The van der Waals surface area contributed by atoms with Crippen LogP contribution in [-0.4, -0.2) is 61.4 Å². The van der Waals surface area contributed by atoms with Crippen molar-refractivity contribution in [3.8, 4) is 11.5 Å². The van der Waals surface area contributed by atoms with Gasteiger partial charge >= 0.3 is 11.9 Å². The van der Waals surface area contributed by atoms with Gasteiger partial charge in [-0.1, -0.05) is 30.3 Å². The minimum Gasteiger partial charge on any atom is -0.497 e. The van der Waals surface area contributed by atoms with Crippen LogP contribution in [0.5, 0.6) is 11.5 Å². The van der Waals surface area contributed by atoms with E-state index in [2.05, 4.69) is 0 Å². The van der Waals surface area contributed by atoms with Crippen LogP contribution in [0.2, 0.25) is 0 Å². The summed E-state index contributed by atoms with van der Waals surface area (Å²) in [4.78, 5) is 25.3. The number of carboxylic acids is 2. The van der Waals surface area contributed by atoms with E-state index in [0.717, 1.165) is 29.7 Å². The molecule has 0 aliphatic carbocycles. The van der Waals surface area contributed by atoms with Crippen molar-refractivity contribution in [3.63, 3.8) is 0 Å². The lowest BCUT2D eigenvalue weighted by Gasteiger charge is -2.34. The normalized spacial score (nSPS) is 13.9. The molecule has 0 bridgehead atoms. The number of nitrogens with zero attached hydrogens (tertiary/aromatic N) is 1. The molecule has 2 unspecified atom stereocenters. The van der Waals surface area contributed by atoms with E-state index in [1.807, 2.05) is 67.5 Å². The van der Waals surface area contributed by atoms with E-state index in [0.29, 0.717) is 12.3 Å². The predicted molar refractivity (Wildman–Crippen MR) is 122 cm³/mol. The van der Waals surface area contributed by atoms with Crippen molar-refractivity contribution in [1.29, 1.82) is 0 Å². The number of methoxy groups -OCH3 is 1. The summed E-state index contributed by atoms with van der Waals surface area (Å²) in [6, 6.07) is 15.6. The molecule has 0 aliphatic heterocycles. The fourth-order valence-corrected chi connectivity index (χ4v) is 3.74. The first-order valence-electron chi connectivity index (χ1n) is 10.6. The summed E-state index contributed by atoms with van der Waals surface area (Å²) < 4.78 is 11.4. The van der Waals surface area contributed by atoms with Crippen molar-refractivity contribution in [3.05, 3.63) is 59.7 Å². The summed E-state index contributed by atoms with van der Waals surface area (Å²) >= 11 is 0. The summed E-state index contributed by atoms with van der Waals surface area (Å²) in [5.74, 6) is -1.30. The quantitative estimate of drug-likeness (QED) is 0.488. The van der Waals surface area contributed by atoms with E-state index < -0.39 is 29.7 Å². The number of benzene rings is 2. The van der Waals surface area contributed by atoms with Crippen LogP contribution in [0.15, 0.2) is 48.5 Å².